The second kappa shape index (κ2) is 7.00. The second-order valence-corrected chi connectivity index (χ2v) is 7.02. The smallest absolute Gasteiger partial charge is 0.338 e. The number of aliphatic imine (C=N–C) groups is 1. The summed E-state index contributed by atoms with van der Waals surface area (Å²) < 4.78 is 39.6. The first kappa shape index (κ1) is 18.6. The van der Waals surface area contributed by atoms with Crippen molar-refractivity contribution in [2.75, 3.05) is 12.3 Å². The molecular formula is C15H18F3N3O2S. The van der Waals surface area contributed by atoms with E-state index in [0.717, 1.165) is 11.8 Å². The minimum Gasteiger partial charge on any atom is -0.338 e. The number of alkyl halides is 3. The number of amidine groups is 1. The van der Waals surface area contributed by atoms with Gasteiger partial charge in [-0.15, -0.1) is 0 Å². The third kappa shape index (κ3) is 4.19. The number of aryl methyl sites for hydroxylation is 1. The molecule has 5 nitrogen and oxygen atoms in total. The van der Waals surface area contributed by atoms with E-state index in [4.69, 9.17) is 0 Å². The Bertz CT molecular complexity index is 662. The zero-order chi connectivity index (χ0) is 18.1. The molecule has 1 aromatic rings. The van der Waals surface area contributed by atoms with Crippen LogP contribution in [0.2, 0.25) is 0 Å². The lowest BCUT2D eigenvalue weighted by Gasteiger charge is -2.29. The fourth-order valence-electron chi connectivity index (χ4n) is 2.41. The summed E-state index contributed by atoms with van der Waals surface area (Å²) in [5, 5.41) is 11.1. The van der Waals surface area contributed by atoms with Gasteiger partial charge in [0.05, 0.1) is 10.6 Å². The van der Waals surface area contributed by atoms with Crippen molar-refractivity contribution in [3.8, 4) is 0 Å². The second-order valence-electron chi connectivity index (χ2n) is 6.04. The summed E-state index contributed by atoms with van der Waals surface area (Å²) in [5.74, 6) is -0.0436. The van der Waals surface area contributed by atoms with E-state index in [0.29, 0.717) is 16.4 Å². The Labute approximate surface area is 142 Å². The van der Waals surface area contributed by atoms with Crippen LogP contribution in [-0.4, -0.2) is 39.5 Å². The van der Waals surface area contributed by atoms with Gasteiger partial charge in [-0.3, -0.25) is 10.1 Å². The molecule has 0 saturated carbocycles. The quantitative estimate of drug-likeness (QED) is 0.584. The Balaban J connectivity index is 2.35. The number of nitro groups is 1. The van der Waals surface area contributed by atoms with Crippen LogP contribution in [0.1, 0.15) is 19.4 Å². The molecule has 0 spiro atoms. The van der Waals surface area contributed by atoms with Crippen molar-refractivity contribution in [1.82, 2.24) is 4.90 Å². The van der Waals surface area contributed by atoms with Gasteiger partial charge in [0, 0.05) is 24.4 Å². The normalized spacial score (nSPS) is 20.2. The summed E-state index contributed by atoms with van der Waals surface area (Å²) >= 11 is 1.06. The number of thioether (sulfide) groups is 1. The van der Waals surface area contributed by atoms with Gasteiger partial charge in [0.2, 0.25) is 0 Å². The van der Waals surface area contributed by atoms with Crippen molar-refractivity contribution in [3.63, 3.8) is 0 Å². The molecule has 9 heteroatoms. The molecule has 0 bridgehead atoms. The summed E-state index contributed by atoms with van der Waals surface area (Å²) in [6, 6.07) is 2.59. The zero-order valence-electron chi connectivity index (χ0n) is 13.5. The third-order valence-corrected chi connectivity index (χ3v) is 4.61. The van der Waals surface area contributed by atoms with Crippen LogP contribution in [0, 0.1) is 23.0 Å². The van der Waals surface area contributed by atoms with Crippen molar-refractivity contribution in [1.29, 1.82) is 0 Å². The van der Waals surface area contributed by atoms with E-state index >= 15 is 0 Å². The number of hydrogen-bond acceptors (Lipinski definition) is 4. The molecule has 132 valence electrons. The molecule has 0 radical (unpaired) electrons. The highest BCUT2D eigenvalue weighted by atomic mass is 32.2. The van der Waals surface area contributed by atoms with E-state index in [1.165, 1.54) is 23.1 Å². The van der Waals surface area contributed by atoms with Crippen molar-refractivity contribution in [2.24, 2.45) is 10.9 Å². The van der Waals surface area contributed by atoms with Gasteiger partial charge in [-0.05, 0) is 24.5 Å². The Morgan fingerprint density at radius 1 is 1.46 bits per heavy atom. The van der Waals surface area contributed by atoms with Gasteiger partial charge in [-0.2, -0.15) is 13.2 Å². The first-order valence-corrected chi connectivity index (χ1v) is 8.38. The van der Waals surface area contributed by atoms with Crippen LogP contribution in [0.3, 0.4) is 0 Å². The molecular weight excluding hydrogens is 343 g/mol. The summed E-state index contributed by atoms with van der Waals surface area (Å²) in [4.78, 5) is 15.9. The minimum atomic E-state index is -4.32. The van der Waals surface area contributed by atoms with Crippen LogP contribution in [0.15, 0.2) is 23.2 Å². The predicted molar refractivity (Wildman–Crippen MR) is 88.8 cm³/mol. The van der Waals surface area contributed by atoms with Crippen molar-refractivity contribution in [2.45, 2.75) is 33.0 Å². The highest BCUT2D eigenvalue weighted by Crippen LogP contribution is 2.37. The number of halogens is 3. The van der Waals surface area contributed by atoms with Crippen molar-refractivity contribution >= 4 is 28.3 Å². The number of benzene rings is 1. The maximum absolute atomic E-state index is 13.2. The van der Waals surface area contributed by atoms with Crippen LogP contribution in [-0.2, 0) is 0 Å². The summed E-state index contributed by atoms with van der Waals surface area (Å²) in [6.45, 7) is 5.61. The largest absolute Gasteiger partial charge is 0.409 e. The molecule has 2 rings (SSSR count). The number of rotatable bonds is 4. The lowest BCUT2D eigenvalue weighted by Crippen LogP contribution is -2.45. The van der Waals surface area contributed by atoms with E-state index in [1.807, 2.05) is 13.8 Å². The fraction of sp³-hybridized carbons (Fsp3) is 0.533. The maximum atomic E-state index is 13.2. The standard InChI is InChI=1S/C15H18F3N3O2S/c1-9(2)7-20-13(15(16,17)18)8-24-14(20)19-12-5-4-11(21(22)23)6-10(12)3/h4-6,9,13H,7-8H2,1-3H3. The van der Waals surface area contributed by atoms with Gasteiger partial charge in [0.1, 0.15) is 6.04 Å². The number of non-ortho nitro benzene ring substituents is 1. The molecule has 1 heterocycles. The Kier molecular flexibility index (Phi) is 5.42. The molecule has 1 aliphatic rings. The van der Waals surface area contributed by atoms with Gasteiger partial charge in [0.25, 0.3) is 5.69 Å². The predicted octanol–water partition coefficient (Wildman–Crippen LogP) is 4.53. The molecule has 0 amide bonds. The molecule has 1 aliphatic heterocycles. The summed E-state index contributed by atoms with van der Waals surface area (Å²) in [6.07, 6.45) is -4.32. The number of hydrogen-bond donors (Lipinski definition) is 0. The van der Waals surface area contributed by atoms with Crippen molar-refractivity contribution < 1.29 is 18.1 Å². The van der Waals surface area contributed by atoms with Crippen LogP contribution in [0.4, 0.5) is 24.5 Å². The van der Waals surface area contributed by atoms with Gasteiger partial charge in [0.15, 0.2) is 5.17 Å². The molecule has 1 saturated heterocycles. The van der Waals surface area contributed by atoms with E-state index < -0.39 is 17.1 Å². The SMILES string of the molecule is Cc1cc([N+](=O)[O-])ccc1N=C1SCC(C(F)(F)F)N1CC(C)C. The first-order valence-electron chi connectivity index (χ1n) is 7.39. The van der Waals surface area contributed by atoms with E-state index in [9.17, 15) is 23.3 Å². The van der Waals surface area contributed by atoms with Crippen LogP contribution < -0.4 is 0 Å². The fourth-order valence-corrected chi connectivity index (χ4v) is 3.61. The van der Waals surface area contributed by atoms with E-state index in [1.54, 1.807) is 6.92 Å². The lowest BCUT2D eigenvalue weighted by atomic mass is 10.1. The zero-order valence-corrected chi connectivity index (χ0v) is 14.3. The minimum absolute atomic E-state index is 0.0525. The van der Waals surface area contributed by atoms with Gasteiger partial charge in [-0.25, -0.2) is 4.99 Å². The molecule has 0 aromatic heterocycles. The number of nitro benzene ring substituents is 1. The van der Waals surface area contributed by atoms with Gasteiger partial charge in [-0.1, -0.05) is 25.6 Å². The van der Waals surface area contributed by atoms with E-state index in [2.05, 4.69) is 4.99 Å². The average Bonchev–Trinajstić information content (AvgIpc) is 2.83. The third-order valence-electron chi connectivity index (χ3n) is 3.54. The Hall–Kier alpha value is -1.77. The maximum Gasteiger partial charge on any atom is 0.409 e. The van der Waals surface area contributed by atoms with Crippen LogP contribution in [0.25, 0.3) is 0 Å². The topological polar surface area (TPSA) is 58.7 Å². The molecule has 24 heavy (non-hydrogen) atoms. The molecule has 0 aliphatic carbocycles. The molecule has 1 fully saturated rings. The van der Waals surface area contributed by atoms with Crippen molar-refractivity contribution in [3.05, 3.63) is 33.9 Å². The lowest BCUT2D eigenvalue weighted by molar-refractivity contribution is -0.384. The van der Waals surface area contributed by atoms with Crippen LogP contribution >= 0.6 is 11.8 Å². The molecule has 1 atom stereocenters. The monoisotopic (exact) mass is 361 g/mol. The summed E-state index contributed by atoms with van der Waals surface area (Å²) in [7, 11) is 0. The van der Waals surface area contributed by atoms with Gasteiger partial charge < -0.3 is 4.90 Å². The first-order chi connectivity index (χ1) is 11.1. The summed E-state index contributed by atoms with van der Waals surface area (Å²) in [5.41, 5.74) is 0.930. The highest BCUT2D eigenvalue weighted by molar-refractivity contribution is 8.14. The molecule has 0 N–H and O–H groups in total. The highest BCUT2D eigenvalue weighted by Gasteiger charge is 2.48. The van der Waals surface area contributed by atoms with E-state index in [-0.39, 0.29) is 23.9 Å². The van der Waals surface area contributed by atoms with Crippen LogP contribution in [0.5, 0.6) is 0 Å². The Morgan fingerprint density at radius 3 is 2.62 bits per heavy atom. The Morgan fingerprint density at radius 2 is 2.12 bits per heavy atom. The van der Waals surface area contributed by atoms with Gasteiger partial charge >= 0.3 is 6.18 Å². The number of nitrogens with zero attached hydrogens (tertiary/aromatic N) is 3. The molecule has 1 unspecified atom stereocenters. The molecule has 1 aromatic carbocycles. The average molecular weight is 361 g/mol.